The molecule has 0 bridgehead atoms. The summed E-state index contributed by atoms with van der Waals surface area (Å²) in [6.45, 7) is 4.07. The van der Waals surface area contributed by atoms with Crippen molar-refractivity contribution in [3.8, 4) is 11.6 Å². The number of benzene rings is 1. The van der Waals surface area contributed by atoms with Gasteiger partial charge in [-0.2, -0.15) is 4.98 Å². The smallest absolute Gasteiger partial charge is 0.352 e. The Morgan fingerprint density at radius 1 is 1.28 bits per heavy atom. The number of anilines is 1. The Labute approximate surface area is 142 Å². The molecular formula is C17H17F2N3O3. The molecule has 2 aliphatic heterocycles. The van der Waals surface area contributed by atoms with Crippen molar-refractivity contribution in [2.24, 2.45) is 0 Å². The molecule has 132 valence electrons. The summed E-state index contributed by atoms with van der Waals surface area (Å²) < 4.78 is 39.8. The maximum absolute atomic E-state index is 13.5. The van der Waals surface area contributed by atoms with E-state index in [0.29, 0.717) is 36.8 Å². The Hall–Kier alpha value is -2.64. The van der Waals surface area contributed by atoms with Crippen molar-refractivity contribution in [1.82, 2.24) is 9.55 Å². The number of aromatic nitrogens is 2. The first-order valence-corrected chi connectivity index (χ1v) is 8.14. The fourth-order valence-corrected chi connectivity index (χ4v) is 3.28. The number of ether oxygens (including phenoxy) is 2. The van der Waals surface area contributed by atoms with Gasteiger partial charge >= 0.3 is 5.69 Å². The van der Waals surface area contributed by atoms with Crippen LogP contribution in [0.3, 0.4) is 0 Å². The molecule has 0 atom stereocenters. The third-order valence-corrected chi connectivity index (χ3v) is 4.44. The molecule has 0 amide bonds. The Morgan fingerprint density at radius 2 is 2.12 bits per heavy atom. The van der Waals surface area contributed by atoms with Crippen LogP contribution in [0.2, 0.25) is 0 Å². The molecule has 6 nitrogen and oxygen atoms in total. The molecule has 0 fully saturated rings. The monoisotopic (exact) mass is 349 g/mol. The second-order valence-electron chi connectivity index (χ2n) is 6.19. The summed E-state index contributed by atoms with van der Waals surface area (Å²) in [5.74, 6) is -0.590. The molecule has 2 aliphatic rings. The van der Waals surface area contributed by atoms with E-state index < -0.39 is 17.3 Å². The Bertz CT molecular complexity index is 872. The van der Waals surface area contributed by atoms with Gasteiger partial charge in [-0.3, -0.25) is 4.57 Å². The number of hydrogen-bond acceptors (Lipinski definition) is 5. The molecule has 8 heteroatoms. The van der Waals surface area contributed by atoms with Crippen molar-refractivity contribution in [3.05, 3.63) is 45.4 Å². The molecule has 0 saturated heterocycles. The van der Waals surface area contributed by atoms with Gasteiger partial charge in [-0.15, -0.1) is 0 Å². The summed E-state index contributed by atoms with van der Waals surface area (Å²) in [5, 5.41) is 0. The maximum atomic E-state index is 13.5. The first-order valence-electron chi connectivity index (χ1n) is 8.14. The summed E-state index contributed by atoms with van der Waals surface area (Å²) >= 11 is 0. The van der Waals surface area contributed by atoms with Gasteiger partial charge in [0.05, 0.1) is 6.54 Å². The minimum absolute atomic E-state index is 0.0374. The molecule has 0 aliphatic carbocycles. The van der Waals surface area contributed by atoms with Crippen LogP contribution in [0.1, 0.15) is 17.5 Å². The van der Waals surface area contributed by atoms with Gasteiger partial charge in [0.1, 0.15) is 13.2 Å². The molecule has 25 heavy (non-hydrogen) atoms. The van der Waals surface area contributed by atoms with Gasteiger partial charge in [0, 0.05) is 13.1 Å². The minimum Gasteiger partial charge on any atom is -0.483 e. The van der Waals surface area contributed by atoms with Crippen molar-refractivity contribution in [2.75, 3.05) is 24.6 Å². The van der Waals surface area contributed by atoms with E-state index >= 15 is 0 Å². The molecule has 0 saturated carbocycles. The van der Waals surface area contributed by atoms with Crippen LogP contribution < -0.4 is 20.1 Å². The summed E-state index contributed by atoms with van der Waals surface area (Å²) in [4.78, 5) is 18.3. The standard InChI is InChI=1S/C17H17F2N3O3/c1-10-7-11(8-12(18)13(10)19)9-25-15-14-16-21(5-6-24-14)3-2-4-22(16)17(23)20-15/h7-8H,2-6,9H2,1H3. The zero-order chi connectivity index (χ0) is 17.6. The highest BCUT2D eigenvalue weighted by atomic mass is 19.2. The van der Waals surface area contributed by atoms with Gasteiger partial charge in [0.2, 0.25) is 5.75 Å². The van der Waals surface area contributed by atoms with Crippen LogP contribution in [0.15, 0.2) is 16.9 Å². The fraction of sp³-hybridized carbons (Fsp3) is 0.412. The van der Waals surface area contributed by atoms with E-state index in [9.17, 15) is 13.6 Å². The van der Waals surface area contributed by atoms with Gasteiger partial charge in [-0.05, 0) is 36.6 Å². The third-order valence-electron chi connectivity index (χ3n) is 4.44. The van der Waals surface area contributed by atoms with Gasteiger partial charge in [-0.25, -0.2) is 13.6 Å². The quantitative estimate of drug-likeness (QED) is 0.849. The van der Waals surface area contributed by atoms with Crippen LogP contribution in [-0.4, -0.2) is 29.2 Å². The van der Waals surface area contributed by atoms with Gasteiger partial charge < -0.3 is 14.4 Å². The van der Waals surface area contributed by atoms with E-state index in [1.54, 1.807) is 4.57 Å². The first-order chi connectivity index (χ1) is 12.0. The number of rotatable bonds is 3. The van der Waals surface area contributed by atoms with Crippen LogP contribution in [0.25, 0.3) is 0 Å². The van der Waals surface area contributed by atoms with Crippen molar-refractivity contribution in [1.29, 1.82) is 0 Å². The van der Waals surface area contributed by atoms with E-state index in [1.807, 2.05) is 0 Å². The topological polar surface area (TPSA) is 56.6 Å². The van der Waals surface area contributed by atoms with Crippen molar-refractivity contribution in [3.63, 3.8) is 0 Å². The van der Waals surface area contributed by atoms with E-state index in [2.05, 4.69) is 9.88 Å². The summed E-state index contributed by atoms with van der Waals surface area (Å²) in [6.07, 6.45) is 0.877. The van der Waals surface area contributed by atoms with E-state index in [0.717, 1.165) is 19.0 Å². The number of hydrogen-bond donors (Lipinski definition) is 0. The zero-order valence-corrected chi connectivity index (χ0v) is 13.7. The molecule has 0 radical (unpaired) electrons. The highest BCUT2D eigenvalue weighted by Crippen LogP contribution is 2.39. The lowest BCUT2D eigenvalue weighted by Gasteiger charge is -2.36. The summed E-state index contributed by atoms with van der Waals surface area (Å²) in [7, 11) is 0. The van der Waals surface area contributed by atoms with Gasteiger partial charge in [0.25, 0.3) is 5.88 Å². The number of nitrogens with zero attached hydrogens (tertiary/aromatic N) is 3. The first kappa shape index (κ1) is 15.9. The summed E-state index contributed by atoms with van der Waals surface area (Å²) in [5.41, 5.74) is 0.252. The molecule has 0 unspecified atom stereocenters. The molecule has 0 spiro atoms. The third kappa shape index (κ3) is 2.71. The van der Waals surface area contributed by atoms with E-state index in [-0.39, 0.29) is 18.1 Å². The molecule has 4 rings (SSSR count). The van der Waals surface area contributed by atoms with Crippen LogP contribution in [0.4, 0.5) is 14.6 Å². The SMILES string of the molecule is Cc1cc(COc2nc(=O)n3c4c2OCCN4CCC3)cc(F)c1F. The average Bonchev–Trinajstić information content (AvgIpc) is 2.61. The van der Waals surface area contributed by atoms with E-state index in [4.69, 9.17) is 9.47 Å². The molecular weight excluding hydrogens is 332 g/mol. The van der Waals surface area contributed by atoms with Crippen LogP contribution in [0.5, 0.6) is 11.6 Å². The zero-order valence-electron chi connectivity index (χ0n) is 13.7. The average molecular weight is 349 g/mol. The lowest BCUT2D eigenvalue weighted by Crippen LogP contribution is -2.43. The van der Waals surface area contributed by atoms with E-state index in [1.165, 1.54) is 13.0 Å². The van der Waals surface area contributed by atoms with Crippen LogP contribution >= 0.6 is 0 Å². The predicted molar refractivity (Wildman–Crippen MR) is 86.2 cm³/mol. The largest absolute Gasteiger partial charge is 0.483 e. The minimum atomic E-state index is -0.930. The Kier molecular flexibility index (Phi) is 3.82. The fourth-order valence-electron chi connectivity index (χ4n) is 3.28. The maximum Gasteiger partial charge on any atom is 0.352 e. The van der Waals surface area contributed by atoms with Crippen molar-refractivity contribution in [2.45, 2.75) is 26.5 Å². The second-order valence-corrected chi connectivity index (χ2v) is 6.19. The lowest BCUT2D eigenvalue weighted by molar-refractivity contribution is 0.237. The second kappa shape index (κ2) is 6.02. The molecule has 3 heterocycles. The molecule has 0 N–H and O–H groups in total. The lowest BCUT2D eigenvalue weighted by atomic mass is 10.1. The molecule has 2 aromatic rings. The van der Waals surface area contributed by atoms with Crippen LogP contribution in [0, 0.1) is 18.6 Å². The summed E-state index contributed by atoms with van der Waals surface area (Å²) in [6, 6.07) is 2.58. The number of halogens is 2. The van der Waals surface area contributed by atoms with Crippen LogP contribution in [-0.2, 0) is 13.2 Å². The highest BCUT2D eigenvalue weighted by Gasteiger charge is 2.30. The molecule has 1 aromatic carbocycles. The Balaban J connectivity index is 1.67. The highest BCUT2D eigenvalue weighted by molar-refractivity contribution is 5.60. The number of aryl methyl sites for hydroxylation is 1. The van der Waals surface area contributed by atoms with Crippen molar-refractivity contribution >= 4 is 5.82 Å². The van der Waals surface area contributed by atoms with Crippen molar-refractivity contribution < 1.29 is 18.3 Å². The van der Waals surface area contributed by atoms with Gasteiger partial charge in [0.15, 0.2) is 17.5 Å². The predicted octanol–water partition coefficient (Wildman–Crippen LogP) is 2.01. The van der Waals surface area contributed by atoms with Gasteiger partial charge in [-0.1, -0.05) is 0 Å². The Morgan fingerprint density at radius 3 is 2.92 bits per heavy atom. The molecule has 1 aromatic heterocycles. The normalized spacial score (nSPS) is 15.6.